The van der Waals surface area contributed by atoms with E-state index in [1.165, 1.54) is 21.8 Å². The molecule has 0 aromatic carbocycles. The van der Waals surface area contributed by atoms with Gasteiger partial charge in [0.1, 0.15) is 12.2 Å². The molecule has 6 atom stereocenters. The van der Waals surface area contributed by atoms with Gasteiger partial charge < -0.3 is 29.5 Å². The molecular formula is C20H34N4O8P+. The van der Waals surface area contributed by atoms with Gasteiger partial charge in [-0.05, 0) is 26.2 Å². The molecule has 3 rings (SSSR count). The minimum Gasteiger partial charge on any atom is -0.387 e. The number of aromatic nitrogens is 4. The first-order valence-corrected chi connectivity index (χ1v) is 12.6. The van der Waals surface area contributed by atoms with Crippen molar-refractivity contribution >= 4 is 18.8 Å². The number of hydrogen-bond donors (Lipinski definition) is 5. The average Bonchev–Trinajstić information content (AvgIpc) is 3.24. The highest BCUT2D eigenvalue weighted by molar-refractivity contribution is 7.54. The fourth-order valence-electron chi connectivity index (χ4n) is 4.21. The van der Waals surface area contributed by atoms with Crippen LogP contribution in [0.1, 0.15) is 59.6 Å². The van der Waals surface area contributed by atoms with Crippen LogP contribution in [0, 0.1) is 0 Å². The summed E-state index contributed by atoms with van der Waals surface area (Å²) in [5.74, 6) is 0. The summed E-state index contributed by atoms with van der Waals surface area (Å²) >= 11 is 0. The second kappa shape index (κ2) is 9.18. The van der Waals surface area contributed by atoms with E-state index in [0.29, 0.717) is 0 Å². The van der Waals surface area contributed by atoms with Crippen LogP contribution in [0.3, 0.4) is 0 Å². The number of aromatic amines is 1. The average molecular weight is 489 g/mol. The first kappa shape index (κ1) is 26.0. The van der Waals surface area contributed by atoms with Crippen molar-refractivity contribution in [1.82, 2.24) is 14.5 Å². The Morgan fingerprint density at radius 1 is 1.27 bits per heavy atom. The van der Waals surface area contributed by atoms with E-state index in [1.54, 1.807) is 34.7 Å². The molecule has 0 radical (unpaired) electrons. The highest BCUT2D eigenvalue weighted by Gasteiger charge is 2.52. The van der Waals surface area contributed by atoms with Crippen molar-refractivity contribution < 1.29 is 38.6 Å². The number of fused-ring (bicyclic) bond motifs is 1. The van der Waals surface area contributed by atoms with Crippen LogP contribution in [0.4, 0.5) is 0 Å². The molecule has 1 fully saturated rings. The van der Waals surface area contributed by atoms with E-state index in [-0.39, 0.29) is 42.4 Å². The predicted molar refractivity (Wildman–Crippen MR) is 117 cm³/mol. The molecule has 0 aliphatic carbocycles. The van der Waals surface area contributed by atoms with Crippen LogP contribution < -0.4 is 10.1 Å². The monoisotopic (exact) mass is 489 g/mol. The highest BCUT2D eigenvalue weighted by Crippen LogP contribution is 2.60. The van der Waals surface area contributed by atoms with Gasteiger partial charge >= 0.3 is 13.2 Å². The van der Waals surface area contributed by atoms with E-state index in [0.717, 1.165) is 0 Å². The van der Waals surface area contributed by atoms with Crippen LogP contribution in [-0.4, -0.2) is 64.0 Å². The number of aliphatic hydroxyl groups is 3. The summed E-state index contributed by atoms with van der Waals surface area (Å²) in [6.45, 7) is 6.56. The summed E-state index contributed by atoms with van der Waals surface area (Å²) in [6.07, 6.45) is -1.58. The van der Waals surface area contributed by atoms with E-state index >= 15 is 0 Å². The van der Waals surface area contributed by atoms with Gasteiger partial charge in [0.05, 0.1) is 18.8 Å². The number of aliphatic hydroxyl groups excluding tert-OH is 2. The summed E-state index contributed by atoms with van der Waals surface area (Å²) in [5.41, 5.74) is -1.06. The summed E-state index contributed by atoms with van der Waals surface area (Å²) in [4.78, 5) is 29.4. The van der Waals surface area contributed by atoms with Gasteiger partial charge in [0.25, 0.3) is 5.56 Å². The second-order valence-electron chi connectivity index (χ2n) is 8.89. The standard InChI is InChI=1S/C20H33N4O8P/c1-6-19(4,32-33(29,30)20(28,7-2)8-3)9-12-14(25)15(26)18(31-12)24-11-23(5)13-16(24)21-10-22-17(13)27/h10-12,14-15,18,25-26,28H,6-9H2,1-5H3,(H-,21,22,27,29,30)/p+1. The Bertz CT molecular complexity index is 1100. The van der Waals surface area contributed by atoms with Crippen LogP contribution in [0.2, 0.25) is 0 Å². The van der Waals surface area contributed by atoms with E-state index < -0.39 is 43.1 Å². The third kappa shape index (κ3) is 4.53. The molecule has 6 unspecified atom stereocenters. The van der Waals surface area contributed by atoms with Gasteiger partial charge in [-0.2, -0.15) is 0 Å². The van der Waals surface area contributed by atoms with E-state index in [4.69, 9.17) is 9.26 Å². The van der Waals surface area contributed by atoms with Crippen LogP contribution >= 0.6 is 7.60 Å². The zero-order valence-electron chi connectivity index (χ0n) is 19.5. The third-order valence-corrected chi connectivity index (χ3v) is 9.07. The molecule has 1 aliphatic heterocycles. The summed E-state index contributed by atoms with van der Waals surface area (Å²) < 4.78 is 27.5. The Balaban J connectivity index is 1.87. The van der Waals surface area contributed by atoms with Gasteiger partial charge in [-0.3, -0.25) is 18.9 Å². The van der Waals surface area contributed by atoms with Crippen LogP contribution in [-0.2, 0) is 20.9 Å². The Kier molecular flexibility index (Phi) is 7.22. The first-order valence-electron chi connectivity index (χ1n) is 11.0. The molecule has 0 saturated carbocycles. The van der Waals surface area contributed by atoms with Crippen molar-refractivity contribution in [3.63, 3.8) is 0 Å². The van der Waals surface area contributed by atoms with Crippen molar-refractivity contribution in [2.75, 3.05) is 0 Å². The Morgan fingerprint density at radius 2 is 1.91 bits per heavy atom. The quantitative estimate of drug-likeness (QED) is 0.248. The molecule has 2 aromatic rings. The van der Waals surface area contributed by atoms with Crippen molar-refractivity contribution in [3.05, 3.63) is 23.0 Å². The lowest BCUT2D eigenvalue weighted by atomic mass is 9.93. The minimum atomic E-state index is -4.45. The number of nitrogens with zero attached hydrogens (tertiary/aromatic N) is 3. The summed E-state index contributed by atoms with van der Waals surface area (Å²) in [6, 6.07) is 0. The molecule has 0 amide bonds. The molecule has 1 aliphatic rings. The lowest BCUT2D eigenvalue weighted by molar-refractivity contribution is -0.746. The number of rotatable bonds is 9. The number of aryl methyl sites for hydroxylation is 1. The molecule has 33 heavy (non-hydrogen) atoms. The zero-order valence-corrected chi connectivity index (χ0v) is 20.4. The molecule has 13 heteroatoms. The Hall–Kier alpha value is -1.66. The fourth-order valence-corrected chi connectivity index (χ4v) is 5.98. The third-order valence-electron chi connectivity index (χ3n) is 6.70. The molecule has 2 aromatic heterocycles. The number of nitrogens with one attached hydrogen (secondary N) is 1. The van der Waals surface area contributed by atoms with Crippen molar-refractivity contribution in [2.24, 2.45) is 7.05 Å². The minimum absolute atomic E-state index is 0.0222. The lowest BCUT2D eigenvalue weighted by Gasteiger charge is -2.38. The number of imidazole rings is 1. The summed E-state index contributed by atoms with van der Waals surface area (Å²) in [5, 5.41) is 30.1. The number of ether oxygens (including phenoxy) is 1. The van der Waals surface area contributed by atoms with E-state index in [9.17, 15) is 29.6 Å². The van der Waals surface area contributed by atoms with Crippen LogP contribution in [0.25, 0.3) is 11.2 Å². The zero-order chi connectivity index (χ0) is 24.8. The maximum absolute atomic E-state index is 12.9. The maximum Gasteiger partial charge on any atom is 0.359 e. The molecule has 12 nitrogen and oxygen atoms in total. The van der Waals surface area contributed by atoms with Gasteiger partial charge in [0.2, 0.25) is 11.7 Å². The molecule has 5 N–H and O–H groups in total. The van der Waals surface area contributed by atoms with Gasteiger partial charge in [0, 0.05) is 6.42 Å². The lowest BCUT2D eigenvalue weighted by Crippen LogP contribution is -2.46. The Labute approximate surface area is 191 Å². The second-order valence-corrected chi connectivity index (χ2v) is 10.9. The molecule has 1 saturated heterocycles. The van der Waals surface area contributed by atoms with Gasteiger partial charge in [-0.1, -0.05) is 25.8 Å². The predicted octanol–water partition coefficient (Wildman–Crippen LogP) is 0.438. The molecule has 0 spiro atoms. The normalized spacial score (nSPS) is 27.5. The highest BCUT2D eigenvalue weighted by atomic mass is 31.2. The van der Waals surface area contributed by atoms with Crippen LogP contribution in [0.5, 0.6) is 0 Å². The largest absolute Gasteiger partial charge is 0.387 e. The van der Waals surface area contributed by atoms with E-state index in [1.807, 2.05) is 0 Å². The van der Waals surface area contributed by atoms with E-state index in [2.05, 4.69) is 9.97 Å². The number of H-pyrrole nitrogens is 1. The maximum atomic E-state index is 12.9. The van der Waals surface area contributed by atoms with Crippen molar-refractivity contribution in [2.45, 2.75) is 88.9 Å². The fraction of sp³-hybridized carbons (Fsp3) is 0.750. The van der Waals surface area contributed by atoms with Crippen LogP contribution in [0.15, 0.2) is 17.4 Å². The SMILES string of the molecule is CCC(C)(CC1OC([n+]2cn(C)c3c(=O)[nH]cnc32)C(O)C1O)OP(=O)(O)C(O)(CC)CC. The smallest absolute Gasteiger partial charge is 0.359 e. The molecule has 3 heterocycles. The number of hydrogen-bond acceptors (Lipinski definition) is 8. The first-order chi connectivity index (χ1) is 15.3. The van der Waals surface area contributed by atoms with Gasteiger partial charge in [-0.25, -0.2) is 4.57 Å². The molecular weight excluding hydrogens is 455 g/mol. The molecule has 186 valence electrons. The summed E-state index contributed by atoms with van der Waals surface area (Å²) in [7, 11) is -2.81. The molecule has 0 bridgehead atoms. The topological polar surface area (TPSA) is 171 Å². The van der Waals surface area contributed by atoms with Gasteiger partial charge in [0.15, 0.2) is 18.0 Å². The van der Waals surface area contributed by atoms with Crippen molar-refractivity contribution in [1.29, 1.82) is 0 Å². The van der Waals surface area contributed by atoms with Gasteiger partial charge in [-0.15, -0.1) is 0 Å². The Morgan fingerprint density at radius 3 is 2.48 bits per heavy atom. The van der Waals surface area contributed by atoms with Crippen molar-refractivity contribution in [3.8, 4) is 0 Å².